The summed E-state index contributed by atoms with van der Waals surface area (Å²) in [7, 11) is -2.30. The molecule has 0 aromatic carbocycles. The van der Waals surface area contributed by atoms with Crippen molar-refractivity contribution in [3.05, 3.63) is 12.2 Å². The number of carbonyl (C=O) groups is 1. The van der Waals surface area contributed by atoms with Crippen LogP contribution in [0.4, 0.5) is 0 Å². The molecule has 6 nitrogen and oxygen atoms in total. The van der Waals surface area contributed by atoms with Gasteiger partial charge >= 0.3 is 5.97 Å². The van der Waals surface area contributed by atoms with E-state index in [9.17, 15) is 17.8 Å². The molecule has 0 rings (SSSR count). The van der Waals surface area contributed by atoms with Crippen molar-refractivity contribution in [3.63, 3.8) is 0 Å². The van der Waals surface area contributed by atoms with Gasteiger partial charge in [0.25, 0.3) is 0 Å². The summed E-state index contributed by atoms with van der Waals surface area (Å²) in [6.45, 7) is 7.68. The van der Waals surface area contributed by atoms with Gasteiger partial charge in [0.2, 0.25) is 0 Å². The molecule has 18 heavy (non-hydrogen) atoms. The van der Waals surface area contributed by atoms with Gasteiger partial charge < -0.3 is 14.2 Å². The van der Waals surface area contributed by atoms with Gasteiger partial charge in [-0.2, -0.15) is 0 Å². The SMILES string of the molecule is C=C(C)C(=O)OCC[NH+](C)C(C)CCS(=O)(=O)[O-]. The number of hydrogen-bond donors (Lipinski definition) is 1. The molecule has 0 amide bonds. The smallest absolute Gasteiger partial charge is 0.333 e. The monoisotopic (exact) mass is 279 g/mol. The zero-order chi connectivity index (χ0) is 14.3. The Bertz CT molecular complexity index is 390. The lowest BCUT2D eigenvalue weighted by Gasteiger charge is -2.22. The number of rotatable bonds is 8. The molecule has 0 spiro atoms. The molecule has 0 aliphatic heterocycles. The summed E-state index contributed by atoms with van der Waals surface area (Å²) in [5.41, 5.74) is 0.346. The molecule has 0 saturated heterocycles. The van der Waals surface area contributed by atoms with E-state index < -0.39 is 16.1 Å². The first-order valence-corrected chi connectivity index (χ1v) is 7.29. The largest absolute Gasteiger partial charge is 0.748 e. The Kier molecular flexibility index (Phi) is 7.12. The lowest BCUT2D eigenvalue weighted by atomic mass is 10.2. The summed E-state index contributed by atoms with van der Waals surface area (Å²) in [4.78, 5) is 12.1. The van der Waals surface area contributed by atoms with Crippen molar-refractivity contribution < 1.29 is 27.4 Å². The Morgan fingerprint density at radius 1 is 1.50 bits per heavy atom. The van der Waals surface area contributed by atoms with Crippen LogP contribution in [0.5, 0.6) is 0 Å². The summed E-state index contributed by atoms with van der Waals surface area (Å²) in [6.07, 6.45) is 0.298. The predicted octanol–water partition coefficient (Wildman–Crippen LogP) is -1.06. The Balaban J connectivity index is 3.91. The summed E-state index contributed by atoms with van der Waals surface area (Å²) in [5, 5.41) is 0. The summed E-state index contributed by atoms with van der Waals surface area (Å²) in [5.74, 6) is -0.797. The Morgan fingerprint density at radius 3 is 2.50 bits per heavy atom. The van der Waals surface area contributed by atoms with Crippen LogP contribution in [0.1, 0.15) is 20.3 Å². The molecule has 2 unspecified atom stereocenters. The minimum absolute atomic E-state index is 0.0113. The molecule has 0 aliphatic carbocycles. The average Bonchev–Trinajstić information content (AvgIpc) is 2.24. The van der Waals surface area contributed by atoms with Gasteiger partial charge in [-0.15, -0.1) is 0 Å². The lowest BCUT2D eigenvalue weighted by molar-refractivity contribution is -0.904. The van der Waals surface area contributed by atoms with E-state index in [1.165, 1.54) is 0 Å². The topological polar surface area (TPSA) is 87.9 Å². The third-order valence-corrected chi connectivity index (χ3v) is 3.46. The molecular weight excluding hydrogens is 258 g/mol. The van der Waals surface area contributed by atoms with Crippen molar-refractivity contribution >= 4 is 16.1 Å². The van der Waals surface area contributed by atoms with Gasteiger partial charge in [-0.3, -0.25) is 0 Å². The molecule has 0 aliphatic rings. The van der Waals surface area contributed by atoms with Gasteiger partial charge in [0.05, 0.1) is 23.2 Å². The fourth-order valence-corrected chi connectivity index (χ4v) is 1.88. The quantitative estimate of drug-likeness (QED) is 0.348. The Hall–Kier alpha value is -0.920. The second-order valence-electron chi connectivity index (χ2n) is 4.46. The number of quaternary nitrogens is 1. The number of likely N-dealkylation sites (N-methyl/N-ethyl adjacent to an activating group) is 1. The van der Waals surface area contributed by atoms with Crippen molar-refractivity contribution in [2.75, 3.05) is 26.0 Å². The first-order chi connectivity index (χ1) is 8.13. The molecule has 0 aromatic rings. The van der Waals surface area contributed by atoms with E-state index in [0.29, 0.717) is 18.5 Å². The minimum atomic E-state index is -4.16. The van der Waals surface area contributed by atoms with Crippen LogP contribution in [-0.4, -0.2) is 50.9 Å². The molecule has 0 fully saturated rings. The van der Waals surface area contributed by atoms with E-state index in [-0.39, 0.29) is 18.4 Å². The third kappa shape index (κ3) is 8.21. The predicted molar refractivity (Wildman–Crippen MR) is 66.2 cm³/mol. The number of nitrogens with one attached hydrogen (secondary N) is 1. The highest BCUT2D eigenvalue weighted by atomic mass is 32.2. The molecule has 0 bridgehead atoms. The average molecular weight is 279 g/mol. The Labute approximate surface area is 108 Å². The van der Waals surface area contributed by atoms with Crippen molar-refractivity contribution in [1.29, 1.82) is 0 Å². The van der Waals surface area contributed by atoms with Crippen LogP contribution in [0.25, 0.3) is 0 Å². The first kappa shape index (κ1) is 17.1. The van der Waals surface area contributed by atoms with Crippen molar-refractivity contribution in [2.45, 2.75) is 26.3 Å². The lowest BCUT2D eigenvalue weighted by Crippen LogP contribution is -3.13. The Morgan fingerprint density at radius 2 is 2.06 bits per heavy atom. The number of ether oxygens (including phenoxy) is 1. The van der Waals surface area contributed by atoms with Crippen LogP contribution in [0, 0.1) is 0 Å². The van der Waals surface area contributed by atoms with E-state index in [0.717, 1.165) is 4.90 Å². The van der Waals surface area contributed by atoms with E-state index in [2.05, 4.69) is 6.58 Å². The van der Waals surface area contributed by atoms with Gasteiger partial charge in [-0.05, 0) is 13.8 Å². The molecule has 7 heteroatoms. The van der Waals surface area contributed by atoms with E-state index in [4.69, 9.17) is 4.74 Å². The summed E-state index contributed by atoms with van der Waals surface area (Å²) >= 11 is 0. The van der Waals surface area contributed by atoms with Crippen molar-refractivity contribution in [2.24, 2.45) is 0 Å². The third-order valence-electron chi connectivity index (χ3n) is 2.72. The fraction of sp³-hybridized carbons (Fsp3) is 0.727. The van der Waals surface area contributed by atoms with Crippen LogP contribution in [0.2, 0.25) is 0 Å². The van der Waals surface area contributed by atoms with Crippen molar-refractivity contribution in [1.82, 2.24) is 0 Å². The zero-order valence-corrected chi connectivity index (χ0v) is 11.9. The van der Waals surface area contributed by atoms with Crippen LogP contribution < -0.4 is 4.90 Å². The highest BCUT2D eigenvalue weighted by Gasteiger charge is 2.14. The van der Waals surface area contributed by atoms with Gasteiger partial charge in [0, 0.05) is 17.7 Å². The molecule has 2 atom stereocenters. The van der Waals surface area contributed by atoms with Gasteiger partial charge in [-0.25, -0.2) is 13.2 Å². The highest BCUT2D eigenvalue weighted by molar-refractivity contribution is 7.85. The van der Waals surface area contributed by atoms with E-state index >= 15 is 0 Å². The van der Waals surface area contributed by atoms with Gasteiger partial charge in [-0.1, -0.05) is 6.58 Å². The standard InChI is InChI=1S/C11H21NO5S/c1-9(2)11(13)17-7-6-12(4)10(3)5-8-18(14,15)16/h10H,1,5-8H2,2-4H3,(H,14,15,16). The fourth-order valence-electron chi connectivity index (χ4n) is 1.24. The van der Waals surface area contributed by atoms with E-state index in [1.54, 1.807) is 6.92 Å². The van der Waals surface area contributed by atoms with E-state index in [1.807, 2.05) is 14.0 Å². The highest BCUT2D eigenvalue weighted by Crippen LogP contribution is 1.92. The zero-order valence-electron chi connectivity index (χ0n) is 11.1. The number of carbonyl (C=O) groups excluding carboxylic acids is 1. The van der Waals surface area contributed by atoms with Crippen LogP contribution in [-0.2, 0) is 19.6 Å². The van der Waals surface area contributed by atoms with Crippen LogP contribution >= 0.6 is 0 Å². The van der Waals surface area contributed by atoms with Crippen LogP contribution in [0.3, 0.4) is 0 Å². The maximum Gasteiger partial charge on any atom is 0.333 e. The maximum atomic E-state index is 11.1. The molecule has 1 N–H and O–H groups in total. The first-order valence-electron chi connectivity index (χ1n) is 5.72. The molecule has 0 heterocycles. The summed E-state index contributed by atoms with van der Waals surface area (Å²) < 4.78 is 36.4. The van der Waals surface area contributed by atoms with Gasteiger partial charge in [0.15, 0.2) is 0 Å². The normalized spacial score (nSPS) is 14.9. The number of esters is 1. The molecule has 106 valence electrons. The van der Waals surface area contributed by atoms with Crippen molar-refractivity contribution in [3.8, 4) is 0 Å². The summed E-state index contributed by atoms with van der Waals surface area (Å²) in [6, 6.07) is 0.0113. The number of hydrogen-bond acceptors (Lipinski definition) is 5. The second-order valence-corrected chi connectivity index (χ2v) is 5.99. The van der Waals surface area contributed by atoms with Gasteiger partial charge in [0.1, 0.15) is 13.2 Å². The molecular formula is C11H21NO5S. The second kappa shape index (κ2) is 7.50. The minimum Gasteiger partial charge on any atom is -0.748 e. The molecule has 0 saturated carbocycles. The molecule has 0 radical (unpaired) electrons. The van der Waals surface area contributed by atoms with Crippen LogP contribution in [0.15, 0.2) is 12.2 Å². The maximum absolute atomic E-state index is 11.1. The molecule has 0 aromatic heterocycles.